The predicted octanol–water partition coefficient (Wildman–Crippen LogP) is 2.94. The highest BCUT2D eigenvalue weighted by atomic mass is 32.1. The number of hydrogen-bond acceptors (Lipinski definition) is 3. The lowest BCUT2D eigenvalue weighted by molar-refractivity contribution is -0.138. The molecule has 1 atom stereocenters. The Morgan fingerprint density at radius 1 is 1.42 bits per heavy atom. The van der Waals surface area contributed by atoms with Gasteiger partial charge in [0.2, 0.25) is 0 Å². The van der Waals surface area contributed by atoms with Crippen molar-refractivity contribution < 1.29 is 14.7 Å². The van der Waals surface area contributed by atoms with Crippen molar-refractivity contribution in [2.45, 2.75) is 46.6 Å². The van der Waals surface area contributed by atoms with E-state index in [2.05, 4.69) is 6.92 Å². The average molecular weight is 283 g/mol. The first-order valence-corrected chi connectivity index (χ1v) is 7.34. The molecule has 1 heterocycles. The minimum Gasteiger partial charge on any atom is -0.480 e. The highest BCUT2D eigenvalue weighted by Crippen LogP contribution is 2.24. The van der Waals surface area contributed by atoms with Crippen LogP contribution in [0.5, 0.6) is 0 Å². The predicted molar refractivity (Wildman–Crippen MR) is 76.9 cm³/mol. The first-order valence-electron chi connectivity index (χ1n) is 6.52. The van der Waals surface area contributed by atoms with Crippen molar-refractivity contribution >= 4 is 23.2 Å². The number of carbonyl (C=O) groups excluding carboxylic acids is 1. The highest BCUT2D eigenvalue weighted by molar-refractivity contribution is 7.14. The summed E-state index contributed by atoms with van der Waals surface area (Å²) in [4.78, 5) is 26.6. The Bertz CT molecular complexity index is 467. The average Bonchev–Trinajstić information content (AvgIpc) is 2.75. The Hall–Kier alpha value is -1.36. The summed E-state index contributed by atoms with van der Waals surface area (Å²) in [6, 6.07) is 1.79. The lowest BCUT2D eigenvalue weighted by Gasteiger charge is -2.26. The fourth-order valence-electron chi connectivity index (χ4n) is 1.91. The molecule has 0 aliphatic carbocycles. The van der Waals surface area contributed by atoms with Crippen LogP contribution in [0.2, 0.25) is 0 Å². The van der Waals surface area contributed by atoms with E-state index in [4.69, 9.17) is 5.11 Å². The molecule has 0 saturated carbocycles. The van der Waals surface area contributed by atoms with E-state index in [1.54, 1.807) is 0 Å². The maximum atomic E-state index is 12.4. The maximum absolute atomic E-state index is 12.4. The number of nitrogens with zero attached hydrogens (tertiary/aromatic N) is 1. The van der Waals surface area contributed by atoms with Crippen LogP contribution in [0, 0.1) is 6.92 Å². The van der Waals surface area contributed by atoms with Gasteiger partial charge in [-0.25, -0.2) is 0 Å². The molecular formula is C14H21NO3S. The van der Waals surface area contributed by atoms with E-state index < -0.39 is 5.97 Å². The Kier molecular flexibility index (Phi) is 5.54. The number of aryl methyl sites for hydroxylation is 2. The number of rotatable bonds is 6. The number of carbonyl (C=O) groups is 2. The molecule has 106 valence electrons. The van der Waals surface area contributed by atoms with Crippen LogP contribution in [-0.4, -0.2) is 34.5 Å². The number of thiophene rings is 1. The smallest absolute Gasteiger partial charge is 0.323 e. The third-order valence-corrected chi connectivity index (χ3v) is 4.61. The van der Waals surface area contributed by atoms with Gasteiger partial charge in [-0.1, -0.05) is 13.8 Å². The number of hydrogen-bond donors (Lipinski definition) is 1. The largest absolute Gasteiger partial charge is 0.480 e. The second kappa shape index (κ2) is 6.70. The fourth-order valence-corrected chi connectivity index (χ4v) is 2.98. The zero-order chi connectivity index (χ0) is 14.6. The molecule has 0 fully saturated rings. The van der Waals surface area contributed by atoms with E-state index in [-0.39, 0.29) is 18.5 Å². The topological polar surface area (TPSA) is 57.6 Å². The normalized spacial score (nSPS) is 12.2. The monoisotopic (exact) mass is 283 g/mol. The van der Waals surface area contributed by atoms with Crippen molar-refractivity contribution in [2.24, 2.45) is 0 Å². The number of amides is 1. The highest BCUT2D eigenvalue weighted by Gasteiger charge is 2.24. The van der Waals surface area contributed by atoms with Gasteiger partial charge in [0.1, 0.15) is 6.54 Å². The molecule has 5 heteroatoms. The zero-order valence-electron chi connectivity index (χ0n) is 11.9. The van der Waals surface area contributed by atoms with E-state index in [1.165, 1.54) is 21.1 Å². The third-order valence-electron chi connectivity index (χ3n) is 3.24. The molecule has 19 heavy (non-hydrogen) atoms. The summed E-state index contributed by atoms with van der Waals surface area (Å²) in [6.45, 7) is 7.62. The quantitative estimate of drug-likeness (QED) is 0.873. The minimum atomic E-state index is -0.974. The van der Waals surface area contributed by atoms with Crippen LogP contribution in [0.4, 0.5) is 0 Å². The van der Waals surface area contributed by atoms with Gasteiger partial charge in [0.05, 0.1) is 4.88 Å². The van der Waals surface area contributed by atoms with Gasteiger partial charge < -0.3 is 10.0 Å². The Morgan fingerprint density at radius 2 is 2.05 bits per heavy atom. The lowest BCUT2D eigenvalue weighted by Crippen LogP contribution is -2.41. The molecule has 1 N–H and O–H groups in total. The van der Waals surface area contributed by atoms with E-state index in [0.29, 0.717) is 4.88 Å². The van der Waals surface area contributed by atoms with Gasteiger partial charge in [-0.3, -0.25) is 9.59 Å². The Labute approximate surface area is 118 Å². The second-order valence-electron chi connectivity index (χ2n) is 4.65. The summed E-state index contributed by atoms with van der Waals surface area (Å²) >= 11 is 1.47. The summed E-state index contributed by atoms with van der Waals surface area (Å²) in [7, 11) is 0. The van der Waals surface area contributed by atoms with Crippen LogP contribution in [0.15, 0.2) is 6.07 Å². The van der Waals surface area contributed by atoms with Gasteiger partial charge in [-0.2, -0.15) is 0 Å². The SMILES string of the molecule is CCc1sc(C(=O)N(CC(=O)O)C(C)CC)cc1C. The zero-order valence-corrected chi connectivity index (χ0v) is 12.7. The molecule has 1 amide bonds. The summed E-state index contributed by atoms with van der Waals surface area (Å²) in [5, 5.41) is 8.94. The molecular weight excluding hydrogens is 262 g/mol. The Balaban J connectivity index is 3.00. The summed E-state index contributed by atoms with van der Waals surface area (Å²) in [6.07, 6.45) is 1.63. The van der Waals surface area contributed by atoms with Gasteiger partial charge in [0.25, 0.3) is 5.91 Å². The molecule has 0 saturated heterocycles. The molecule has 4 nitrogen and oxygen atoms in total. The molecule has 0 bridgehead atoms. The van der Waals surface area contributed by atoms with Crippen LogP contribution in [0.25, 0.3) is 0 Å². The van der Waals surface area contributed by atoms with Crippen LogP contribution in [-0.2, 0) is 11.2 Å². The molecule has 0 aliphatic heterocycles. The molecule has 0 spiro atoms. The molecule has 0 aromatic carbocycles. The first-order chi connectivity index (χ1) is 8.90. The molecule has 1 unspecified atom stereocenters. The molecule has 0 radical (unpaired) electrons. The van der Waals surface area contributed by atoms with Gasteiger partial charge in [0, 0.05) is 10.9 Å². The third kappa shape index (κ3) is 3.80. The molecule has 0 aliphatic rings. The number of carboxylic acid groups (broad SMARTS) is 1. The van der Waals surface area contributed by atoms with E-state index in [1.807, 2.05) is 26.8 Å². The maximum Gasteiger partial charge on any atom is 0.323 e. The first kappa shape index (κ1) is 15.7. The van der Waals surface area contributed by atoms with E-state index in [9.17, 15) is 9.59 Å². The van der Waals surface area contributed by atoms with Crippen molar-refractivity contribution in [3.05, 3.63) is 21.4 Å². The van der Waals surface area contributed by atoms with Crippen molar-refractivity contribution in [1.29, 1.82) is 0 Å². The summed E-state index contributed by atoms with van der Waals surface area (Å²) in [5.41, 5.74) is 1.11. The number of aliphatic carboxylic acids is 1. The van der Waals surface area contributed by atoms with Gasteiger partial charge in [0.15, 0.2) is 0 Å². The van der Waals surface area contributed by atoms with Gasteiger partial charge in [-0.05, 0) is 38.3 Å². The summed E-state index contributed by atoms with van der Waals surface area (Å²) < 4.78 is 0. The van der Waals surface area contributed by atoms with Crippen molar-refractivity contribution in [2.75, 3.05) is 6.54 Å². The van der Waals surface area contributed by atoms with Gasteiger partial charge in [-0.15, -0.1) is 11.3 Å². The van der Waals surface area contributed by atoms with E-state index in [0.717, 1.165) is 18.4 Å². The summed E-state index contributed by atoms with van der Waals surface area (Å²) in [5.74, 6) is -1.15. The molecule has 1 aromatic rings. The van der Waals surface area contributed by atoms with Crippen LogP contribution >= 0.6 is 11.3 Å². The Morgan fingerprint density at radius 3 is 2.47 bits per heavy atom. The van der Waals surface area contributed by atoms with E-state index >= 15 is 0 Å². The minimum absolute atomic E-state index is 0.0731. The van der Waals surface area contributed by atoms with Crippen molar-refractivity contribution in [1.82, 2.24) is 4.90 Å². The fraction of sp³-hybridized carbons (Fsp3) is 0.571. The molecule has 1 rings (SSSR count). The van der Waals surface area contributed by atoms with Crippen LogP contribution < -0.4 is 0 Å². The second-order valence-corrected chi connectivity index (χ2v) is 5.79. The van der Waals surface area contributed by atoms with Gasteiger partial charge >= 0.3 is 5.97 Å². The van der Waals surface area contributed by atoms with Crippen LogP contribution in [0.3, 0.4) is 0 Å². The van der Waals surface area contributed by atoms with Crippen molar-refractivity contribution in [3.63, 3.8) is 0 Å². The standard InChI is InChI=1S/C14H21NO3S/c1-5-10(4)15(8-13(16)17)14(18)12-7-9(3)11(6-2)19-12/h7,10H,5-6,8H2,1-4H3,(H,16,17). The molecule has 1 aromatic heterocycles. The number of carboxylic acids is 1. The van der Waals surface area contributed by atoms with Crippen LogP contribution in [0.1, 0.15) is 47.3 Å². The van der Waals surface area contributed by atoms with Crippen molar-refractivity contribution in [3.8, 4) is 0 Å². The lowest BCUT2D eigenvalue weighted by atomic mass is 10.2.